The summed E-state index contributed by atoms with van der Waals surface area (Å²) in [5.41, 5.74) is 0. The van der Waals surface area contributed by atoms with Gasteiger partial charge in [-0.05, 0) is 32.1 Å². The van der Waals surface area contributed by atoms with Gasteiger partial charge < -0.3 is 0 Å². The summed E-state index contributed by atoms with van der Waals surface area (Å²) in [5.74, 6) is 1.61. The van der Waals surface area contributed by atoms with Crippen LogP contribution in [0.3, 0.4) is 0 Å². The van der Waals surface area contributed by atoms with Crippen LogP contribution in [0.5, 0.6) is 0 Å². The normalized spacial score (nSPS) is 11.5. The van der Waals surface area contributed by atoms with E-state index >= 15 is 0 Å². The lowest BCUT2D eigenvalue weighted by molar-refractivity contribution is -0.704. The standard InChI is InChI=1S/C32H63N2/c1-4-7-10-13-15-17-19-22-25-28-33-30-31-34(32(33)27-24-21-12-9-6-3)29-26-23-20-18-16-14-11-8-5-2/h30-31H,4-29H2,1-3H3/q+1. The van der Waals surface area contributed by atoms with Gasteiger partial charge in [-0.1, -0.05) is 136 Å². The predicted octanol–water partition coefficient (Wildman–Crippen LogP) is 10.4. The van der Waals surface area contributed by atoms with E-state index in [9.17, 15) is 0 Å². The molecule has 0 aliphatic heterocycles. The van der Waals surface area contributed by atoms with Crippen LogP contribution in [0.1, 0.15) is 174 Å². The summed E-state index contributed by atoms with van der Waals surface area (Å²) < 4.78 is 5.21. The second kappa shape index (κ2) is 23.9. The molecule has 0 aromatic carbocycles. The topological polar surface area (TPSA) is 8.81 Å². The molecule has 34 heavy (non-hydrogen) atoms. The van der Waals surface area contributed by atoms with Crippen molar-refractivity contribution < 1.29 is 4.57 Å². The van der Waals surface area contributed by atoms with E-state index in [-0.39, 0.29) is 0 Å². The fourth-order valence-electron chi connectivity index (χ4n) is 5.26. The second-order valence-electron chi connectivity index (χ2n) is 10.9. The Morgan fingerprint density at radius 3 is 1.41 bits per heavy atom. The van der Waals surface area contributed by atoms with Gasteiger partial charge >= 0.3 is 0 Å². The van der Waals surface area contributed by atoms with Crippen molar-refractivity contribution in [3.05, 3.63) is 18.2 Å². The lowest BCUT2D eigenvalue weighted by atomic mass is 10.1. The smallest absolute Gasteiger partial charge is 0.234 e. The quantitative estimate of drug-likeness (QED) is 0.0930. The maximum absolute atomic E-state index is 2.61. The van der Waals surface area contributed by atoms with E-state index in [1.54, 1.807) is 5.82 Å². The molecule has 200 valence electrons. The first-order valence-electron chi connectivity index (χ1n) is 15.9. The van der Waals surface area contributed by atoms with Crippen molar-refractivity contribution in [1.82, 2.24) is 4.57 Å². The average molecular weight is 476 g/mol. The number of hydrogen-bond acceptors (Lipinski definition) is 0. The largest absolute Gasteiger partial charge is 0.256 e. The zero-order valence-electron chi connectivity index (χ0n) is 23.9. The number of rotatable bonds is 26. The van der Waals surface area contributed by atoms with Gasteiger partial charge in [0.25, 0.3) is 5.82 Å². The van der Waals surface area contributed by atoms with E-state index in [2.05, 4.69) is 42.3 Å². The van der Waals surface area contributed by atoms with Crippen LogP contribution >= 0.6 is 0 Å². The molecular formula is C32H63N2+. The summed E-state index contributed by atoms with van der Waals surface area (Å²) in [7, 11) is 0. The third-order valence-corrected chi connectivity index (χ3v) is 7.60. The van der Waals surface area contributed by atoms with Gasteiger partial charge in [-0.15, -0.1) is 0 Å². The van der Waals surface area contributed by atoms with Crippen molar-refractivity contribution in [3.8, 4) is 0 Å². The summed E-state index contributed by atoms with van der Waals surface area (Å²) >= 11 is 0. The average Bonchev–Trinajstić information content (AvgIpc) is 3.23. The predicted molar refractivity (Wildman–Crippen MR) is 152 cm³/mol. The molecule has 2 nitrogen and oxygen atoms in total. The van der Waals surface area contributed by atoms with Crippen LogP contribution in [-0.2, 0) is 19.5 Å². The molecule has 0 fully saturated rings. The Bertz CT molecular complexity index is 494. The van der Waals surface area contributed by atoms with Crippen LogP contribution < -0.4 is 4.57 Å². The minimum Gasteiger partial charge on any atom is -0.234 e. The zero-order valence-corrected chi connectivity index (χ0v) is 23.9. The summed E-state index contributed by atoms with van der Waals surface area (Å²) in [6.07, 6.45) is 38.5. The maximum Gasteiger partial charge on any atom is 0.256 e. The Labute approximate surface area is 215 Å². The van der Waals surface area contributed by atoms with Crippen LogP contribution in [0.2, 0.25) is 0 Å². The molecule has 1 aromatic heterocycles. The van der Waals surface area contributed by atoms with Crippen molar-refractivity contribution in [2.75, 3.05) is 0 Å². The molecule has 1 rings (SSSR count). The van der Waals surface area contributed by atoms with Gasteiger partial charge in [-0.25, -0.2) is 9.13 Å². The van der Waals surface area contributed by atoms with E-state index in [1.807, 2.05) is 0 Å². The first-order chi connectivity index (χ1) is 16.8. The van der Waals surface area contributed by atoms with Crippen molar-refractivity contribution >= 4 is 0 Å². The van der Waals surface area contributed by atoms with Gasteiger partial charge in [0.2, 0.25) is 0 Å². The highest BCUT2D eigenvalue weighted by Crippen LogP contribution is 2.13. The summed E-state index contributed by atoms with van der Waals surface area (Å²) in [6.45, 7) is 9.38. The molecule has 0 aliphatic carbocycles. The second-order valence-corrected chi connectivity index (χ2v) is 10.9. The van der Waals surface area contributed by atoms with Crippen molar-refractivity contribution in [2.45, 2.75) is 188 Å². The zero-order chi connectivity index (χ0) is 24.5. The van der Waals surface area contributed by atoms with E-state index in [4.69, 9.17) is 0 Å². The molecule has 2 heteroatoms. The molecule has 1 aromatic rings. The van der Waals surface area contributed by atoms with Gasteiger partial charge in [0.15, 0.2) is 0 Å². The molecular weight excluding hydrogens is 412 g/mol. The first kappa shape index (κ1) is 31.2. The molecule has 1 heterocycles. The molecule has 0 N–H and O–H groups in total. The number of unbranched alkanes of at least 4 members (excludes halogenated alkanes) is 20. The SMILES string of the molecule is CCCCCCCCCCCn1cc[n+](CCCCCCCCCCC)c1CCCCCCC. The highest BCUT2D eigenvalue weighted by molar-refractivity contribution is 4.84. The summed E-state index contributed by atoms with van der Waals surface area (Å²) in [4.78, 5) is 0. The molecule has 0 aliphatic rings. The fourth-order valence-corrected chi connectivity index (χ4v) is 5.26. The van der Waals surface area contributed by atoms with Crippen LogP contribution in [0.4, 0.5) is 0 Å². The number of aromatic nitrogens is 2. The van der Waals surface area contributed by atoms with E-state index < -0.39 is 0 Å². The summed E-state index contributed by atoms with van der Waals surface area (Å²) in [6, 6.07) is 0. The van der Waals surface area contributed by atoms with Crippen molar-refractivity contribution in [2.24, 2.45) is 0 Å². The van der Waals surface area contributed by atoms with E-state index in [0.29, 0.717) is 0 Å². The Morgan fingerprint density at radius 1 is 0.500 bits per heavy atom. The van der Waals surface area contributed by atoms with Crippen molar-refractivity contribution in [3.63, 3.8) is 0 Å². The highest BCUT2D eigenvalue weighted by Gasteiger charge is 2.16. The lowest BCUT2D eigenvalue weighted by Crippen LogP contribution is -2.37. The Balaban J connectivity index is 2.33. The first-order valence-corrected chi connectivity index (χ1v) is 15.9. The Hall–Kier alpha value is -0.790. The minimum absolute atomic E-state index is 1.23. The molecule has 0 saturated carbocycles. The number of hydrogen-bond donors (Lipinski definition) is 0. The number of nitrogens with zero attached hydrogens (tertiary/aromatic N) is 2. The van der Waals surface area contributed by atoms with Gasteiger partial charge in [-0.3, -0.25) is 0 Å². The third kappa shape index (κ3) is 16.8. The number of aryl methyl sites for hydroxylation is 2. The molecule has 0 atom stereocenters. The minimum atomic E-state index is 1.23. The molecule has 0 saturated heterocycles. The fraction of sp³-hybridized carbons (Fsp3) is 0.906. The van der Waals surface area contributed by atoms with Crippen LogP contribution in [0.25, 0.3) is 0 Å². The van der Waals surface area contributed by atoms with E-state index in [1.165, 1.54) is 167 Å². The maximum atomic E-state index is 2.61. The monoisotopic (exact) mass is 475 g/mol. The van der Waals surface area contributed by atoms with Crippen molar-refractivity contribution in [1.29, 1.82) is 0 Å². The molecule has 0 amide bonds. The lowest BCUT2D eigenvalue weighted by Gasteiger charge is -2.07. The Kier molecular flexibility index (Phi) is 22.0. The third-order valence-electron chi connectivity index (χ3n) is 7.60. The highest BCUT2D eigenvalue weighted by atomic mass is 15.1. The molecule has 0 spiro atoms. The van der Waals surface area contributed by atoms with Gasteiger partial charge in [0.1, 0.15) is 12.4 Å². The number of imidazole rings is 1. The molecule has 0 bridgehead atoms. The van der Waals surface area contributed by atoms with Gasteiger partial charge in [0, 0.05) is 6.42 Å². The molecule has 0 unspecified atom stereocenters. The van der Waals surface area contributed by atoms with Crippen LogP contribution in [0, 0.1) is 0 Å². The van der Waals surface area contributed by atoms with Crippen LogP contribution in [0.15, 0.2) is 12.4 Å². The van der Waals surface area contributed by atoms with Gasteiger partial charge in [-0.2, -0.15) is 0 Å². The van der Waals surface area contributed by atoms with Gasteiger partial charge in [0.05, 0.1) is 13.1 Å². The Morgan fingerprint density at radius 2 is 0.912 bits per heavy atom. The summed E-state index contributed by atoms with van der Waals surface area (Å²) in [5, 5.41) is 0. The van der Waals surface area contributed by atoms with Crippen LogP contribution in [-0.4, -0.2) is 4.57 Å². The molecule has 0 radical (unpaired) electrons. The van der Waals surface area contributed by atoms with E-state index in [0.717, 1.165) is 0 Å².